The van der Waals surface area contributed by atoms with Gasteiger partial charge in [0.25, 0.3) is 0 Å². The molecule has 0 saturated carbocycles. The molecule has 6 rings (SSSR count). The van der Waals surface area contributed by atoms with Gasteiger partial charge < -0.3 is 20.1 Å². The molecule has 2 N–H and O–H groups in total. The second kappa shape index (κ2) is 11.4. The molecule has 3 aromatic carbocycles. The van der Waals surface area contributed by atoms with Gasteiger partial charge in [0.05, 0.1) is 18.4 Å². The third kappa shape index (κ3) is 6.13. The summed E-state index contributed by atoms with van der Waals surface area (Å²) in [5, 5.41) is 11.9. The predicted molar refractivity (Wildman–Crippen MR) is 159 cm³/mol. The van der Waals surface area contributed by atoms with E-state index in [1.165, 1.54) is 28.5 Å². The number of carboxylic acid groups (broad SMARTS) is 1. The molecule has 0 radical (unpaired) electrons. The smallest absolute Gasteiger partial charge is 0.420 e. The Balaban J connectivity index is 0.000000220. The van der Waals surface area contributed by atoms with Gasteiger partial charge >= 0.3 is 18.3 Å². The molecule has 3 aliphatic rings. The minimum absolute atomic E-state index is 0.0744. The fraction of sp³-hybridized carbons (Fsp3) is 0.375. The van der Waals surface area contributed by atoms with Gasteiger partial charge in [-0.2, -0.15) is 13.2 Å². The minimum atomic E-state index is -4.56. The number of rotatable bonds is 2. The van der Waals surface area contributed by atoms with Gasteiger partial charge in [-0.1, -0.05) is 38.1 Å². The Hall–Kier alpha value is -4.25. The Morgan fingerprint density at radius 2 is 1.65 bits per heavy atom. The highest BCUT2D eigenvalue weighted by Crippen LogP contribution is 2.43. The molecular weight excluding hydrogens is 561 g/mol. The summed E-state index contributed by atoms with van der Waals surface area (Å²) in [5.41, 5.74) is 4.97. The van der Waals surface area contributed by atoms with Crippen LogP contribution in [-0.2, 0) is 31.0 Å². The zero-order valence-corrected chi connectivity index (χ0v) is 24.6. The Morgan fingerprint density at radius 1 is 0.930 bits per heavy atom. The first-order chi connectivity index (χ1) is 20.3. The van der Waals surface area contributed by atoms with Crippen LogP contribution in [0.5, 0.6) is 5.75 Å². The number of amides is 3. The van der Waals surface area contributed by atoms with Crippen LogP contribution in [0.2, 0.25) is 0 Å². The van der Waals surface area contributed by atoms with E-state index in [-0.39, 0.29) is 16.9 Å². The molecule has 43 heavy (non-hydrogen) atoms. The second-order valence-corrected chi connectivity index (χ2v) is 11.8. The Morgan fingerprint density at radius 3 is 2.35 bits per heavy atom. The fourth-order valence-corrected chi connectivity index (χ4v) is 6.00. The normalized spacial score (nSPS) is 16.9. The number of hydrogen-bond donors (Lipinski definition) is 2. The highest BCUT2D eigenvalue weighted by molar-refractivity contribution is 6.03. The van der Waals surface area contributed by atoms with Crippen molar-refractivity contribution in [2.45, 2.75) is 44.8 Å². The molecule has 0 fully saturated rings. The molecule has 0 unspecified atom stereocenters. The van der Waals surface area contributed by atoms with Crippen LogP contribution in [0.3, 0.4) is 0 Å². The molecule has 11 heteroatoms. The van der Waals surface area contributed by atoms with Crippen molar-refractivity contribution in [2.24, 2.45) is 0 Å². The Bertz CT molecular complexity index is 1560. The maximum Gasteiger partial charge on any atom is 0.420 e. The maximum atomic E-state index is 13.4. The van der Waals surface area contributed by atoms with E-state index >= 15 is 0 Å². The standard InChI is InChI=1S/C21H22F3N3O2.C11H13NO2/c1-26-7-5-13-3-4-16(9-15(13)12-26)25-20(28)27-8-6-14-10-19(29-2)17(11-18(14)27)21(22,23)24;1-11(2)7-12(10(13)14)9-6-4-3-5-8(9)11/h3-4,9-11H,5-8,12H2,1-2H3,(H,25,28);3-6H,7H2,1-2H3,(H,13,14). The van der Waals surface area contributed by atoms with Crippen LogP contribution in [0, 0.1) is 0 Å². The van der Waals surface area contributed by atoms with Crippen LogP contribution < -0.4 is 19.9 Å². The highest BCUT2D eigenvalue weighted by atomic mass is 19.4. The lowest BCUT2D eigenvalue weighted by molar-refractivity contribution is -0.138. The van der Waals surface area contributed by atoms with Crippen LogP contribution >= 0.6 is 0 Å². The zero-order chi connectivity index (χ0) is 31.1. The molecule has 8 nitrogen and oxygen atoms in total. The average molecular weight is 597 g/mol. The molecule has 3 heterocycles. The number of ether oxygens (including phenoxy) is 1. The molecule has 3 aliphatic heterocycles. The van der Waals surface area contributed by atoms with Crippen LogP contribution in [0.15, 0.2) is 54.6 Å². The van der Waals surface area contributed by atoms with Crippen molar-refractivity contribution in [1.82, 2.24) is 4.90 Å². The van der Waals surface area contributed by atoms with Gasteiger partial charge in [0.1, 0.15) is 5.75 Å². The van der Waals surface area contributed by atoms with Crippen molar-refractivity contribution in [2.75, 3.05) is 48.9 Å². The molecule has 0 saturated heterocycles. The number of nitrogens with zero attached hydrogens (tertiary/aromatic N) is 3. The van der Waals surface area contributed by atoms with Crippen LogP contribution in [0.25, 0.3) is 0 Å². The van der Waals surface area contributed by atoms with Gasteiger partial charge in [0, 0.05) is 43.0 Å². The lowest BCUT2D eigenvalue weighted by atomic mass is 9.87. The van der Waals surface area contributed by atoms with Crippen molar-refractivity contribution in [3.8, 4) is 5.75 Å². The van der Waals surface area contributed by atoms with E-state index in [4.69, 9.17) is 9.84 Å². The predicted octanol–water partition coefficient (Wildman–Crippen LogP) is 6.76. The number of hydrogen-bond acceptors (Lipinski definition) is 4. The van der Waals surface area contributed by atoms with Crippen LogP contribution in [0.1, 0.15) is 41.7 Å². The van der Waals surface area contributed by atoms with Crippen molar-refractivity contribution in [3.05, 3.63) is 82.4 Å². The number of fused-ring (bicyclic) bond motifs is 3. The monoisotopic (exact) mass is 596 g/mol. The van der Waals surface area contributed by atoms with Crippen molar-refractivity contribution >= 4 is 29.2 Å². The summed E-state index contributed by atoms with van der Waals surface area (Å²) in [6.07, 6.45) is -3.99. The lowest BCUT2D eigenvalue weighted by Gasteiger charge is -2.26. The molecule has 0 bridgehead atoms. The number of alkyl halides is 3. The van der Waals surface area contributed by atoms with E-state index in [0.29, 0.717) is 30.8 Å². The van der Waals surface area contributed by atoms with E-state index in [1.54, 1.807) is 0 Å². The van der Waals surface area contributed by atoms with Crippen molar-refractivity contribution in [1.29, 1.82) is 0 Å². The van der Waals surface area contributed by atoms with Gasteiger partial charge in [-0.3, -0.25) is 9.80 Å². The summed E-state index contributed by atoms with van der Waals surface area (Å²) < 4.78 is 45.0. The van der Waals surface area contributed by atoms with E-state index in [0.717, 1.165) is 42.4 Å². The number of para-hydroxylation sites is 1. The summed E-state index contributed by atoms with van der Waals surface area (Å²) in [6, 6.07) is 15.4. The topological polar surface area (TPSA) is 85.4 Å². The summed E-state index contributed by atoms with van der Waals surface area (Å²) in [5.74, 6) is -0.225. The van der Waals surface area contributed by atoms with Gasteiger partial charge in [-0.25, -0.2) is 9.59 Å². The maximum absolute atomic E-state index is 13.4. The third-order valence-electron chi connectivity index (χ3n) is 8.22. The summed E-state index contributed by atoms with van der Waals surface area (Å²) in [4.78, 5) is 28.8. The Kier molecular flexibility index (Phi) is 8.04. The number of likely N-dealkylation sites (N-methyl/N-ethyl adjacent to an activating group) is 1. The number of urea groups is 1. The number of benzene rings is 3. The molecular formula is C32H35F3N4O4. The summed E-state index contributed by atoms with van der Waals surface area (Å²) >= 11 is 0. The fourth-order valence-electron chi connectivity index (χ4n) is 6.00. The average Bonchev–Trinajstić information content (AvgIpc) is 3.50. The number of carbonyl (C=O) groups is 2. The molecule has 3 amide bonds. The van der Waals surface area contributed by atoms with Crippen LogP contribution in [0.4, 0.5) is 39.8 Å². The molecule has 3 aromatic rings. The first-order valence-electron chi connectivity index (χ1n) is 14.1. The largest absolute Gasteiger partial charge is 0.496 e. The second-order valence-electron chi connectivity index (χ2n) is 11.8. The number of nitrogens with one attached hydrogen (secondary N) is 1. The van der Waals surface area contributed by atoms with Gasteiger partial charge in [-0.05, 0) is 72.5 Å². The van der Waals surface area contributed by atoms with Crippen molar-refractivity contribution in [3.63, 3.8) is 0 Å². The van der Waals surface area contributed by atoms with E-state index in [2.05, 4.69) is 24.1 Å². The Labute approximate surface area is 248 Å². The lowest BCUT2D eigenvalue weighted by Crippen LogP contribution is -2.33. The first kappa shape index (κ1) is 30.2. The van der Waals surface area contributed by atoms with Gasteiger partial charge in [0.2, 0.25) is 0 Å². The first-order valence-corrected chi connectivity index (χ1v) is 14.1. The summed E-state index contributed by atoms with van der Waals surface area (Å²) in [7, 11) is 3.26. The van der Waals surface area contributed by atoms with Gasteiger partial charge in [0.15, 0.2) is 0 Å². The minimum Gasteiger partial charge on any atom is -0.496 e. The quantitative estimate of drug-likeness (QED) is 0.342. The molecule has 228 valence electrons. The SMILES string of the molecule is CC1(C)CN(C(=O)O)c2ccccc21.COc1cc2c(cc1C(F)(F)F)N(C(=O)Nc1ccc3c(c1)CN(C)CC3)CC2. The van der Waals surface area contributed by atoms with E-state index < -0.39 is 23.9 Å². The number of anilines is 3. The van der Waals surface area contributed by atoms with Crippen LogP contribution in [-0.4, -0.2) is 55.9 Å². The zero-order valence-electron chi connectivity index (χ0n) is 24.6. The molecule has 0 aromatic heterocycles. The number of carbonyl (C=O) groups excluding carboxylic acids is 1. The number of methoxy groups -OCH3 is 1. The summed E-state index contributed by atoms with van der Waals surface area (Å²) in [6.45, 7) is 6.79. The van der Waals surface area contributed by atoms with E-state index in [1.807, 2.05) is 49.5 Å². The third-order valence-corrected chi connectivity index (χ3v) is 8.22. The van der Waals surface area contributed by atoms with Crippen molar-refractivity contribution < 1.29 is 32.6 Å². The molecule has 0 spiro atoms. The number of halogens is 3. The molecule has 0 aliphatic carbocycles. The molecule has 0 atom stereocenters. The van der Waals surface area contributed by atoms with E-state index in [9.17, 15) is 22.8 Å². The highest BCUT2D eigenvalue weighted by Gasteiger charge is 2.38. The van der Waals surface area contributed by atoms with Gasteiger partial charge in [-0.15, -0.1) is 0 Å².